The van der Waals surface area contributed by atoms with Gasteiger partial charge >= 0.3 is 0 Å². The molecule has 2 heteroatoms. The largest absolute Gasteiger partial charge is 0.380 e. The van der Waals surface area contributed by atoms with Crippen LogP contribution in [0.3, 0.4) is 0 Å². The van der Waals surface area contributed by atoms with Crippen molar-refractivity contribution in [1.29, 1.82) is 0 Å². The van der Waals surface area contributed by atoms with Gasteiger partial charge in [0.2, 0.25) is 0 Å². The summed E-state index contributed by atoms with van der Waals surface area (Å²) in [4.78, 5) is 0. The van der Waals surface area contributed by atoms with Gasteiger partial charge in [-0.25, -0.2) is 0 Å². The summed E-state index contributed by atoms with van der Waals surface area (Å²) >= 11 is 0. The van der Waals surface area contributed by atoms with Crippen molar-refractivity contribution in [3.05, 3.63) is 35.4 Å². The van der Waals surface area contributed by atoms with Crippen LogP contribution in [0.25, 0.3) is 0 Å². The molecule has 1 aliphatic rings. The van der Waals surface area contributed by atoms with E-state index in [4.69, 9.17) is 4.74 Å². The van der Waals surface area contributed by atoms with E-state index in [2.05, 4.69) is 43.4 Å². The molecular formula is C14H21NO. The van der Waals surface area contributed by atoms with E-state index in [9.17, 15) is 0 Å². The van der Waals surface area contributed by atoms with Crippen LogP contribution in [0.4, 0.5) is 0 Å². The predicted molar refractivity (Wildman–Crippen MR) is 66.5 cm³/mol. The normalized spacial score (nSPS) is 25.6. The second kappa shape index (κ2) is 4.98. The summed E-state index contributed by atoms with van der Waals surface area (Å²) in [5.74, 6) is 0. The Bertz CT molecular complexity index is 342. The molecule has 1 unspecified atom stereocenters. The van der Waals surface area contributed by atoms with Gasteiger partial charge in [-0.2, -0.15) is 0 Å². The van der Waals surface area contributed by atoms with Crippen molar-refractivity contribution in [3.8, 4) is 0 Å². The zero-order valence-electron chi connectivity index (χ0n) is 10.3. The number of benzene rings is 1. The summed E-state index contributed by atoms with van der Waals surface area (Å²) < 4.78 is 5.54. The molecule has 0 spiro atoms. The minimum atomic E-state index is 0.153. The molecule has 0 amide bonds. The Balaban J connectivity index is 1.94. The molecule has 1 heterocycles. The van der Waals surface area contributed by atoms with Crippen molar-refractivity contribution in [2.75, 3.05) is 13.2 Å². The molecule has 0 aromatic heterocycles. The average Bonchev–Trinajstić information content (AvgIpc) is 2.29. The van der Waals surface area contributed by atoms with Crippen molar-refractivity contribution >= 4 is 0 Å². The highest BCUT2D eigenvalue weighted by atomic mass is 16.5. The highest BCUT2D eigenvalue weighted by Crippen LogP contribution is 2.19. The molecule has 1 saturated heterocycles. The molecule has 0 bridgehead atoms. The molecule has 1 aromatic rings. The molecule has 1 aromatic carbocycles. The van der Waals surface area contributed by atoms with Crippen molar-refractivity contribution in [1.82, 2.24) is 5.32 Å². The third kappa shape index (κ3) is 2.83. The number of nitrogens with one attached hydrogen (secondary N) is 1. The van der Waals surface area contributed by atoms with Crippen molar-refractivity contribution < 1.29 is 4.74 Å². The standard InChI is InChI=1S/C14H21NO/c1-12-6-3-4-7-13(12)10-15-14(2)8-5-9-16-11-14/h3-4,6-7,15H,5,8-11H2,1-2H3. The fourth-order valence-electron chi connectivity index (χ4n) is 2.19. The summed E-state index contributed by atoms with van der Waals surface area (Å²) in [7, 11) is 0. The van der Waals surface area contributed by atoms with Crippen LogP contribution in [0.2, 0.25) is 0 Å². The van der Waals surface area contributed by atoms with Crippen LogP contribution < -0.4 is 5.32 Å². The topological polar surface area (TPSA) is 21.3 Å². The number of hydrogen-bond acceptors (Lipinski definition) is 2. The van der Waals surface area contributed by atoms with E-state index in [1.165, 1.54) is 17.5 Å². The lowest BCUT2D eigenvalue weighted by Crippen LogP contribution is -2.48. The second-order valence-electron chi connectivity index (χ2n) is 5.00. The second-order valence-corrected chi connectivity index (χ2v) is 5.00. The van der Waals surface area contributed by atoms with Crippen LogP contribution in [0.1, 0.15) is 30.9 Å². The first-order valence-corrected chi connectivity index (χ1v) is 6.07. The Labute approximate surface area is 98.0 Å². The van der Waals surface area contributed by atoms with E-state index in [0.29, 0.717) is 0 Å². The maximum atomic E-state index is 5.54. The van der Waals surface area contributed by atoms with E-state index in [1.54, 1.807) is 0 Å². The highest BCUT2D eigenvalue weighted by Gasteiger charge is 2.26. The van der Waals surface area contributed by atoms with Gasteiger partial charge < -0.3 is 10.1 Å². The van der Waals surface area contributed by atoms with Crippen LogP contribution in [0.15, 0.2) is 24.3 Å². The van der Waals surface area contributed by atoms with E-state index in [-0.39, 0.29) is 5.54 Å². The summed E-state index contributed by atoms with van der Waals surface area (Å²) in [6, 6.07) is 8.54. The predicted octanol–water partition coefficient (Wildman–Crippen LogP) is 2.65. The lowest BCUT2D eigenvalue weighted by molar-refractivity contribution is 0.0277. The van der Waals surface area contributed by atoms with Gasteiger partial charge in [-0.3, -0.25) is 0 Å². The smallest absolute Gasteiger partial charge is 0.0645 e. The Morgan fingerprint density at radius 1 is 1.38 bits per heavy atom. The Hall–Kier alpha value is -0.860. The molecule has 1 atom stereocenters. The third-order valence-corrected chi connectivity index (χ3v) is 3.40. The monoisotopic (exact) mass is 219 g/mol. The van der Waals surface area contributed by atoms with Gasteiger partial charge in [0.1, 0.15) is 0 Å². The molecule has 0 radical (unpaired) electrons. The molecular weight excluding hydrogens is 198 g/mol. The Kier molecular flexibility index (Phi) is 3.62. The summed E-state index contributed by atoms with van der Waals surface area (Å²) in [5, 5.41) is 3.63. The van der Waals surface area contributed by atoms with Gasteiger partial charge in [0.25, 0.3) is 0 Å². The lowest BCUT2D eigenvalue weighted by atomic mass is 9.94. The third-order valence-electron chi connectivity index (χ3n) is 3.40. The summed E-state index contributed by atoms with van der Waals surface area (Å²) in [6.45, 7) is 7.11. The Morgan fingerprint density at radius 2 is 2.19 bits per heavy atom. The van der Waals surface area contributed by atoms with E-state index >= 15 is 0 Å². The molecule has 16 heavy (non-hydrogen) atoms. The molecule has 1 fully saturated rings. The van der Waals surface area contributed by atoms with Crippen LogP contribution in [0.5, 0.6) is 0 Å². The summed E-state index contributed by atoms with van der Waals surface area (Å²) in [6.07, 6.45) is 2.37. The zero-order chi connectivity index (χ0) is 11.4. The maximum absolute atomic E-state index is 5.54. The van der Waals surface area contributed by atoms with E-state index in [1.807, 2.05) is 0 Å². The van der Waals surface area contributed by atoms with Gasteiger partial charge in [-0.05, 0) is 37.8 Å². The van der Waals surface area contributed by atoms with E-state index < -0.39 is 0 Å². The van der Waals surface area contributed by atoms with Gasteiger partial charge in [0.05, 0.1) is 6.61 Å². The lowest BCUT2D eigenvalue weighted by Gasteiger charge is -2.34. The first-order valence-electron chi connectivity index (χ1n) is 6.07. The van der Waals surface area contributed by atoms with Crippen molar-refractivity contribution in [2.24, 2.45) is 0 Å². The van der Waals surface area contributed by atoms with Crippen LogP contribution in [0, 0.1) is 6.92 Å². The first kappa shape index (κ1) is 11.6. The SMILES string of the molecule is Cc1ccccc1CNC1(C)CCCOC1. The summed E-state index contributed by atoms with van der Waals surface area (Å²) in [5.41, 5.74) is 2.89. The Morgan fingerprint density at radius 3 is 2.88 bits per heavy atom. The number of rotatable bonds is 3. The number of hydrogen-bond donors (Lipinski definition) is 1. The molecule has 0 saturated carbocycles. The first-order chi connectivity index (χ1) is 7.70. The minimum Gasteiger partial charge on any atom is -0.380 e. The number of aryl methyl sites for hydroxylation is 1. The molecule has 1 N–H and O–H groups in total. The molecule has 0 aliphatic carbocycles. The number of ether oxygens (including phenoxy) is 1. The van der Waals surface area contributed by atoms with Gasteiger partial charge in [-0.1, -0.05) is 24.3 Å². The van der Waals surface area contributed by atoms with Crippen LogP contribution in [-0.4, -0.2) is 18.8 Å². The molecule has 88 valence electrons. The molecule has 2 rings (SSSR count). The van der Waals surface area contributed by atoms with Gasteiger partial charge in [0.15, 0.2) is 0 Å². The fraction of sp³-hybridized carbons (Fsp3) is 0.571. The maximum Gasteiger partial charge on any atom is 0.0645 e. The molecule has 2 nitrogen and oxygen atoms in total. The van der Waals surface area contributed by atoms with Crippen molar-refractivity contribution in [2.45, 2.75) is 38.8 Å². The van der Waals surface area contributed by atoms with Crippen LogP contribution >= 0.6 is 0 Å². The zero-order valence-corrected chi connectivity index (χ0v) is 10.3. The quantitative estimate of drug-likeness (QED) is 0.844. The fourth-order valence-corrected chi connectivity index (χ4v) is 2.19. The van der Waals surface area contributed by atoms with Crippen molar-refractivity contribution in [3.63, 3.8) is 0 Å². The van der Waals surface area contributed by atoms with Gasteiger partial charge in [0, 0.05) is 18.7 Å². The van der Waals surface area contributed by atoms with Gasteiger partial charge in [-0.15, -0.1) is 0 Å². The minimum absolute atomic E-state index is 0.153. The van der Waals surface area contributed by atoms with E-state index in [0.717, 1.165) is 26.2 Å². The molecule has 1 aliphatic heterocycles. The highest BCUT2D eigenvalue weighted by molar-refractivity contribution is 5.25. The average molecular weight is 219 g/mol. The van der Waals surface area contributed by atoms with Crippen LogP contribution in [-0.2, 0) is 11.3 Å².